The fourth-order valence-electron chi connectivity index (χ4n) is 1.28. The highest BCUT2D eigenvalue weighted by Gasteiger charge is 2.08. The van der Waals surface area contributed by atoms with E-state index in [1.165, 1.54) is 6.33 Å². The van der Waals surface area contributed by atoms with Crippen LogP contribution >= 0.6 is 11.8 Å². The molecule has 2 heterocycles. The van der Waals surface area contributed by atoms with Gasteiger partial charge in [-0.3, -0.25) is 0 Å². The van der Waals surface area contributed by atoms with Gasteiger partial charge in [0, 0.05) is 18.1 Å². The summed E-state index contributed by atoms with van der Waals surface area (Å²) < 4.78 is 1.72. The molecular formula is C10H14N4OS. The van der Waals surface area contributed by atoms with Gasteiger partial charge in [-0.05, 0) is 18.9 Å². The quantitative estimate of drug-likeness (QED) is 0.639. The van der Waals surface area contributed by atoms with E-state index in [1.54, 1.807) is 16.3 Å². The van der Waals surface area contributed by atoms with Crippen molar-refractivity contribution in [2.75, 3.05) is 12.4 Å². The van der Waals surface area contributed by atoms with Gasteiger partial charge in [-0.1, -0.05) is 6.92 Å². The maximum absolute atomic E-state index is 8.98. The fourth-order valence-corrected chi connectivity index (χ4v) is 2.35. The molecule has 0 aliphatic heterocycles. The summed E-state index contributed by atoms with van der Waals surface area (Å²) in [5, 5.41) is 14.1. The lowest BCUT2D eigenvalue weighted by molar-refractivity contribution is 0.250. The third-order valence-electron chi connectivity index (χ3n) is 2.17. The molecule has 2 rings (SSSR count). The molecule has 5 nitrogen and oxygen atoms in total. The molecule has 0 amide bonds. The highest BCUT2D eigenvalue weighted by Crippen LogP contribution is 2.21. The van der Waals surface area contributed by atoms with Crippen molar-refractivity contribution < 1.29 is 5.11 Å². The topological polar surface area (TPSA) is 63.3 Å². The Morgan fingerprint density at radius 1 is 1.56 bits per heavy atom. The van der Waals surface area contributed by atoms with E-state index in [2.05, 4.69) is 15.1 Å². The lowest BCUT2D eigenvalue weighted by atomic mass is 10.2. The maximum Gasteiger partial charge on any atom is 0.253 e. The highest BCUT2D eigenvalue weighted by atomic mass is 32.2. The Bertz CT molecular complexity index is 485. The van der Waals surface area contributed by atoms with Gasteiger partial charge in [-0.25, -0.2) is 4.98 Å². The van der Waals surface area contributed by atoms with Crippen LogP contribution in [0.15, 0.2) is 17.4 Å². The van der Waals surface area contributed by atoms with Crippen LogP contribution < -0.4 is 0 Å². The average molecular weight is 238 g/mol. The van der Waals surface area contributed by atoms with Crippen LogP contribution in [0.1, 0.15) is 12.6 Å². The predicted molar refractivity (Wildman–Crippen MR) is 62.5 cm³/mol. The monoisotopic (exact) mass is 238 g/mol. The molecule has 0 saturated heterocycles. The van der Waals surface area contributed by atoms with Crippen LogP contribution in [0, 0.1) is 12.8 Å². The molecule has 0 spiro atoms. The van der Waals surface area contributed by atoms with Gasteiger partial charge in [0.15, 0.2) is 0 Å². The fraction of sp³-hybridized carbons (Fsp3) is 0.500. The molecule has 0 aliphatic carbocycles. The predicted octanol–water partition coefficient (Wildman–Crippen LogP) is 1.15. The Morgan fingerprint density at radius 3 is 3.12 bits per heavy atom. The second-order valence-electron chi connectivity index (χ2n) is 3.81. The zero-order valence-corrected chi connectivity index (χ0v) is 10.1. The average Bonchev–Trinajstić information content (AvgIpc) is 2.73. The minimum atomic E-state index is 0.206. The first-order valence-corrected chi connectivity index (χ1v) is 6.10. The molecule has 0 fully saturated rings. The van der Waals surface area contributed by atoms with Gasteiger partial charge < -0.3 is 5.11 Å². The maximum atomic E-state index is 8.98. The van der Waals surface area contributed by atoms with Crippen molar-refractivity contribution in [2.24, 2.45) is 5.92 Å². The van der Waals surface area contributed by atoms with Gasteiger partial charge >= 0.3 is 0 Å². The number of thioether (sulfide) groups is 1. The van der Waals surface area contributed by atoms with E-state index < -0.39 is 0 Å². The Kier molecular flexibility index (Phi) is 3.40. The lowest BCUT2D eigenvalue weighted by Gasteiger charge is -2.08. The van der Waals surface area contributed by atoms with E-state index in [1.807, 2.05) is 19.9 Å². The van der Waals surface area contributed by atoms with Crippen molar-refractivity contribution in [3.63, 3.8) is 0 Å². The molecule has 2 aromatic heterocycles. The molecule has 0 aromatic carbocycles. The van der Waals surface area contributed by atoms with Crippen molar-refractivity contribution in [3.05, 3.63) is 18.1 Å². The van der Waals surface area contributed by atoms with E-state index in [0.717, 1.165) is 16.5 Å². The van der Waals surface area contributed by atoms with Crippen LogP contribution in [0.25, 0.3) is 5.78 Å². The molecule has 1 unspecified atom stereocenters. The third-order valence-corrected chi connectivity index (χ3v) is 3.50. The first-order chi connectivity index (χ1) is 7.70. The molecule has 1 N–H and O–H groups in total. The summed E-state index contributed by atoms with van der Waals surface area (Å²) in [6.07, 6.45) is 1.50. The lowest BCUT2D eigenvalue weighted by Crippen LogP contribution is -2.05. The van der Waals surface area contributed by atoms with Crippen molar-refractivity contribution in [2.45, 2.75) is 18.9 Å². The van der Waals surface area contributed by atoms with Crippen LogP contribution in [0.4, 0.5) is 0 Å². The summed E-state index contributed by atoms with van der Waals surface area (Å²) in [6, 6.07) is 1.98. The van der Waals surface area contributed by atoms with E-state index in [9.17, 15) is 0 Å². The largest absolute Gasteiger partial charge is 0.396 e. The van der Waals surface area contributed by atoms with Gasteiger partial charge in [0.25, 0.3) is 5.78 Å². The molecule has 0 saturated carbocycles. The van der Waals surface area contributed by atoms with Crippen molar-refractivity contribution >= 4 is 17.5 Å². The molecule has 6 heteroatoms. The zero-order valence-electron chi connectivity index (χ0n) is 9.29. The Labute approximate surface area is 97.9 Å². The second-order valence-corrected chi connectivity index (χ2v) is 4.85. The molecule has 0 radical (unpaired) electrons. The Balaban J connectivity index is 2.25. The van der Waals surface area contributed by atoms with E-state index in [-0.39, 0.29) is 12.5 Å². The van der Waals surface area contributed by atoms with E-state index in [4.69, 9.17) is 5.11 Å². The van der Waals surface area contributed by atoms with Crippen molar-refractivity contribution in [1.29, 1.82) is 0 Å². The minimum Gasteiger partial charge on any atom is -0.396 e. The first kappa shape index (κ1) is 11.3. The number of nitrogens with zero attached hydrogens (tertiary/aromatic N) is 4. The van der Waals surface area contributed by atoms with E-state index in [0.29, 0.717) is 5.78 Å². The number of hydrogen-bond acceptors (Lipinski definition) is 5. The van der Waals surface area contributed by atoms with Gasteiger partial charge in [0.1, 0.15) is 11.4 Å². The van der Waals surface area contributed by atoms with Crippen LogP contribution in [0.5, 0.6) is 0 Å². The SMILES string of the molecule is Cc1cc(SCC(C)CO)n2ncnc2n1. The zero-order chi connectivity index (χ0) is 11.5. The molecule has 16 heavy (non-hydrogen) atoms. The highest BCUT2D eigenvalue weighted by molar-refractivity contribution is 7.99. The van der Waals surface area contributed by atoms with Gasteiger partial charge in [-0.15, -0.1) is 11.8 Å². The normalized spacial score (nSPS) is 13.2. The van der Waals surface area contributed by atoms with Crippen LogP contribution in [-0.2, 0) is 0 Å². The molecule has 0 aliphatic rings. The molecule has 0 bridgehead atoms. The van der Waals surface area contributed by atoms with E-state index >= 15 is 0 Å². The van der Waals surface area contributed by atoms with Gasteiger partial charge in [0.2, 0.25) is 0 Å². The number of hydrogen-bond donors (Lipinski definition) is 1. The van der Waals surface area contributed by atoms with Crippen LogP contribution in [-0.4, -0.2) is 37.0 Å². The summed E-state index contributed by atoms with van der Waals surface area (Å²) in [5.74, 6) is 1.76. The number of aliphatic hydroxyl groups is 1. The number of rotatable bonds is 4. The summed E-state index contributed by atoms with van der Waals surface area (Å²) in [4.78, 5) is 8.34. The molecule has 1 atom stereocenters. The van der Waals surface area contributed by atoms with Crippen LogP contribution in [0.3, 0.4) is 0 Å². The van der Waals surface area contributed by atoms with Crippen LogP contribution in [0.2, 0.25) is 0 Å². The molecule has 2 aromatic rings. The molecular weight excluding hydrogens is 224 g/mol. The number of aliphatic hydroxyl groups excluding tert-OH is 1. The minimum absolute atomic E-state index is 0.206. The van der Waals surface area contributed by atoms with Crippen molar-refractivity contribution in [1.82, 2.24) is 19.6 Å². The second kappa shape index (κ2) is 4.80. The summed E-state index contributed by atoms with van der Waals surface area (Å²) in [5.41, 5.74) is 0.930. The van der Waals surface area contributed by atoms with Gasteiger partial charge in [0.05, 0.1) is 0 Å². The number of aromatic nitrogens is 4. The summed E-state index contributed by atoms with van der Waals surface area (Å²) >= 11 is 1.66. The third kappa shape index (κ3) is 2.33. The summed E-state index contributed by atoms with van der Waals surface area (Å²) in [6.45, 7) is 4.16. The summed E-state index contributed by atoms with van der Waals surface area (Å²) in [7, 11) is 0. The Morgan fingerprint density at radius 2 is 2.38 bits per heavy atom. The number of aryl methyl sites for hydroxylation is 1. The van der Waals surface area contributed by atoms with Crippen molar-refractivity contribution in [3.8, 4) is 0 Å². The Hall–Kier alpha value is -1.14. The molecule has 86 valence electrons. The van der Waals surface area contributed by atoms with Gasteiger partial charge in [-0.2, -0.15) is 14.6 Å². The standard InChI is InChI=1S/C10H14N4OS/c1-7(4-15)5-16-9-3-8(2)13-10-11-6-12-14(9)10/h3,6-7,15H,4-5H2,1-2H3. The smallest absolute Gasteiger partial charge is 0.253 e. The first-order valence-electron chi connectivity index (χ1n) is 5.11. The number of fused-ring (bicyclic) bond motifs is 1.